The topological polar surface area (TPSA) is 98.0 Å². The maximum Gasteiger partial charge on any atom is 0.420 e. The summed E-state index contributed by atoms with van der Waals surface area (Å²) in [4.78, 5) is 31.9. The zero-order valence-electron chi connectivity index (χ0n) is 14.9. The number of piperidine rings is 1. The van der Waals surface area contributed by atoms with Crippen LogP contribution in [0.25, 0.3) is 0 Å². The number of ether oxygens (including phenoxy) is 2. The van der Waals surface area contributed by atoms with E-state index in [-0.39, 0.29) is 12.0 Å². The molecule has 2 aliphatic heterocycles. The number of hydrogen-bond donors (Lipinski definition) is 1. The first kappa shape index (κ1) is 17.3. The van der Waals surface area contributed by atoms with E-state index in [0.29, 0.717) is 18.8 Å². The number of hydrogen-bond acceptors (Lipinski definition) is 7. The molecule has 2 fully saturated rings. The van der Waals surface area contributed by atoms with E-state index < -0.39 is 23.8 Å². The number of nitrogens with two attached hydrogens (primary N) is 1. The number of carbonyl (C=O) groups is 2. The monoisotopic (exact) mass is 348 g/mol. The minimum absolute atomic E-state index is 0.0442. The number of anilines is 2. The Labute approximate surface area is 146 Å². The molecule has 2 aliphatic rings. The summed E-state index contributed by atoms with van der Waals surface area (Å²) in [6.45, 7) is 8.39. The van der Waals surface area contributed by atoms with Crippen molar-refractivity contribution in [3.63, 3.8) is 0 Å². The molecule has 136 valence electrons. The minimum atomic E-state index is -0.690. The molecule has 3 rings (SSSR count). The molecule has 3 heterocycles. The molecule has 0 bridgehead atoms. The molecule has 0 spiro atoms. The summed E-state index contributed by atoms with van der Waals surface area (Å²) in [7, 11) is 0. The second-order valence-corrected chi connectivity index (χ2v) is 7.58. The number of imide groups is 1. The third-order valence-electron chi connectivity index (χ3n) is 4.38. The third-order valence-corrected chi connectivity index (χ3v) is 4.38. The fourth-order valence-corrected chi connectivity index (χ4v) is 3.37. The number of fused-ring (bicyclic) bond motifs is 1. The van der Waals surface area contributed by atoms with E-state index in [1.807, 2.05) is 13.0 Å². The average molecular weight is 348 g/mol. The maximum absolute atomic E-state index is 12.5. The van der Waals surface area contributed by atoms with E-state index in [9.17, 15) is 9.59 Å². The Hall–Kier alpha value is -2.51. The van der Waals surface area contributed by atoms with Crippen molar-refractivity contribution in [2.45, 2.75) is 45.4 Å². The van der Waals surface area contributed by atoms with Crippen LogP contribution in [0.4, 0.5) is 21.0 Å². The van der Waals surface area contributed by atoms with Crippen LogP contribution in [-0.2, 0) is 9.47 Å². The largest absolute Gasteiger partial charge is 0.443 e. The highest BCUT2D eigenvalue weighted by molar-refractivity contribution is 5.90. The van der Waals surface area contributed by atoms with Gasteiger partial charge in [0.05, 0.1) is 17.6 Å². The van der Waals surface area contributed by atoms with Crippen molar-refractivity contribution in [3.8, 4) is 0 Å². The Morgan fingerprint density at radius 1 is 1.40 bits per heavy atom. The lowest BCUT2D eigenvalue weighted by molar-refractivity contribution is 0.0275. The van der Waals surface area contributed by atoms with E-state index in [1.165, 1.54) is 0 Å². The normalized spacial score (nSPS) is 26.2. The Morgan fingerprint density at radius 2 is 2.12 bits per heavy atom. The summed E-state index contributed by atoms with van der Waals surface area (Å²) < 4.78 is 10.8. The molecule has 0 saturated carbocycles. The molecule has 1 aromatic heterocycles. The Balaban J connectivity index is 1.86. The third kappa shape index (κ3) is 3.33. The molecular weight excluding hydrogens is 324 g/mol. The van der Waals surface area contributed by atoms with Crippen LogP contribution in [0.3, 0.4) is 0 Å². The molecule has 8 heteroatoms. The highest BCUT2D eigenvalue weighted by atomic mass is 16.6. The van der Waals surface area contributed by atoms with E-state index in [0.717, 1.165) is 10.6 Å². The first-order valence-electron chi connectivity index (χ1n) is 8.34. The van der Waals surface area contributed by atoms with Crippen LogP contribution in [0.2, 0.25) is 0 Å². The average Bonchev–Trinajstić information content (AvgIpc) is 2.82. The molecule has 2 amide bonds. The van der Waals surface area contributed by atoms with Gasteiger partial charge in [-0.3, -0.25) is 4.98 Å². The molecule has 25 heavy (non-hydrogen) atoms. The van der Waals surface area contributed by atoms with Crippen molar-refractivity contribution in [3.05, 3.63) is 18.5 Å². The number of carbonyl (C=O) groups excluding carboxylic acids is 2. The molecular formula is C17H24N4O4. The second-order valence-electron chi connectivity index (χ2n) is 7.58. The van der Waals surface area contributed by atoms with Crippen molar-refractivity contribution in [1.82, 2.24) is 9.88 Å². The summed E-state index contributed by atoms with van der Waals surface area (Å²) >= 11 is 0. The van der Waals surface area contributed by atoms with Gasteiger partial charge in [-0.25, -0.2) is 14.5 Å². The molecule has 0 aromatic carbocycles. The molecule has 3 atom stereocenters. The van der Waals surface area contributed by atoms with E-state index in [4.69, 9.17) is 15.2 Å². The molecule has 0 aliphatic carbocycles. The van der Waals surface area contributed by atoms with Gasteiger partial charge in [0.2, 0.25) is 0 Å². The van der Waals surface area contributed by atoms with E-state index >= 15 is 0 Å². The molecule has 8 nitrogen and oxygen atoms in total. The summed E-state index contributed by atoms with van der Waals surface area (Å²) in [6, 6.07) is 1.41. The quantitative estimate of drug-likeness (QED) is 0.831. The molecule has 0 radical (unpaired) electrons. The molecule has 0 unspecified atom stereocenters. The van der Waals surface area contributed by atoms with Crippen LogP contribution in [0, 0.1) is 5.92 Å². The molecule has 2 N–H and O–H groups in total. The van der Waals surface area contributed by atoms with Gasteiger partial charge in [-0.2, -0.15) is 0 Å². The van der Waals surface area contributed by atoms with Crippen molar-refractivity contribution >= 4 is 23.6 Å². The summed E-state index contributed by atoms with van der Waals surface area (Å²) in [5.74, 6) is 0.0442. The van der Waals surface area contributed by atoms with Crippen molar-refractivity contribution in [2.24, 2.45) is 5.92 Å². The van der Waals surface area contributed by atoms with E-state index in [2.05, 4.69) is 9.88 Å². The molecule has 2 saturated heterocycles. The van der Waals surface area contributed by atoms with Gasteiger partial charge in [0.1, 0.15) is 17.7 Å². The predicted octanol–water partition coefficient (Wildman–Crippen LogP) is 2.24. The first-order valence-corrected chi connectivity index (χ1v) is 8.34. The lowest BCUT2D eigenvalue weighted by Gasteiger charge is -2.40. The highest BCUT2D eigenvalue weighted by Gasteiger charge is 2.52. The Kier molecular flexibility index (Phi) is 4.22. The number of amides is 2. The number of nitrogens with zero attached hydrogens (tertiary/aromatic N) is 3. The van der Waals surface area contributed by atoms with Crippen LogP contribution < -0.4 is 10.6 Å². The van der Waals surface area contributed by atoms with Gasteiger partial charge < -0.3 is 20.1 Å². The zero-order valence-corrected chi connectivity index (χ0v) is 14.9. The van der Waals surface area contributed by atoms with Crippen LogP contribution in [0.1, 0.15) is 27.7 Å². The SMILES string of the molecule is C[C@@H]1CN(c2ccncc2N)C[C@@H]2[C@H]1OC(=O)N2C(=O)OC(C)(C)C. The van der Waals surface area contributed by atoms with Crippen LogP contribution >= 0.6 is 0 Å². The lowest BCUT2D eigenvalue weighted by Crippen LogP contribution is -2.56. The number of rotatable bonds is 1. The lowest BCUT2D eigenvalue weighted by atomic mass is 9.92. The van der Waals surface area contributed by atoms with Gasteiger partial charge in [-0.05, 0) is 26.8 Å². The maximum atomic E-state index is 12.5. The van der Waals surface area contributed by atoms with Gasteiger partial charge in [0, 0.05) is 25.2 Å². The fraction of sp³-hybridized carbons (Fsp3) is 0.588. The molecule has 1 aromatic rings. The van der Waals surface area contributed by atoms with Gasteiger partial charge in [0.25, 0.3) is 0 Å². The standard InChI is InChI=1S/C17H24N4O4/c1-10-8-20(12-5-6-19-7-11(12)18)9-13-14(10)24-15(22)21(13)16(23)25-17(2,3)4/h5-7,10,13-14H,8-9,18H2,1-4H3/t10-,13-,14+/m1/s1. The summed E-state index contributed by atoms with van der Waals surface area (Å²) in [6.07, 6.45) is 1.58. The highest BCUT2D eigenvalue weighted by Crippen LogP contribution is 2.35. The van der Waals surface area contributed by atoms with Crippen molar-refractivity contribution in [2.75, 3.05) is 23.7 Å². The summed E-state index contributed by atoms with van der Waals surface area (Å²) in [5.41, 5.74) is 6.74. The predicted molar refractivity (Wildman–Crippen MR) is 92.2 cm³/mol. The van der Waals surface area contributed by atoms with Crippen molar-refractivity contribution in [1.29, 1.82) is 0 Å². The van der Waals surface area contributed by atoms with Crippen LogP contribution in [0.15, 0.2) is 18.5 Å². The first-order chi connectivity index (χ1) is 11.7. The minimum Gasteiger partial charge on any atom is -0.443 e. The van der Waals surface area contributed by atoms with Crippen molar-refractivity contribution < 1.29 is 19.1 Å². The smallest absolute Gasteiger partial charge is 0.420 e. The Morgan fingerprint density at radius 3 is 2.76 bits per heavy atom. The van der Waals surface area contributed by atoms with Gasteiger partial charge in [-0.15, -0.1) is 0 Å². The number of pyridine rings is 1. The zero-order chi connectivity index (χ0) is 18.4. The fourth-order valence-electron chi connectivity index (χ4n) is 3.37. The summed E-state index contributed by atoms with van der Waals surface area (Å²) in [5, 5.41) is 0. The number of nitrogen functional groups attached to an aromatic ring is 1. The second kappa shape index (κ2) is 6.09. The van der Waals surface area contributed by atoms with E-state index in [1.54, 1.807) is 33.2 Å². The van der Waals surface area contributed by atoms with Gasteiger partial charge in [0.15, 0.2) is 0 Å². The Bertz CT molecular complexity index is 687. The van der Waals surface area contributed by atoms with Crippen LogP contribution in [-0.4, -0.2) is 52.9 Å². The van der Waals surface area contributed by atoms with Gasteiger partial charge >= 0.3 is 12.2 Å². The van der Waals surface area contributed by atoms with Gasteiger partial charge in [-0.1, -0.05) is 6.92 Å². The van der Waals surface area contributed by atoms with Crippen LogP contribution in [0.5, 0.6) is 0 Å². The number of aromatic nitrogens is 1.